The van der Waals surface area contributed by atoms with E-state index in [0.29, 0.717) is 28.3 Å². The van der Waals surface area contributed by atoms with Crippen molar-refractivity contribution < 1.29 is 9.90 Å². The molecule has 2 unspecified atom stereocenters. The summed E-state index contributed by atoms with van der Waals surface area (Å²) in [5.41, 5.74) is 1.78. The molecule has 0 spiro atoms. The number of anilines is 1. The third-order valence-electron chi connectivity index (χ3n) is 4.17. The Kier molecular flexibility index (Phi) is 7.00. The first-order valence-electron chi connectivity index (χ1n) is 8.28. The first kappa shape index (κ1) is 19.0. The predicted molar refractivity (Wildman–Crippen MR) is 99.4 cm³/mol. The third kappa shape index (κ3) is 4.82. The molecule has 25 heavy (non-hydrogen) atoms. The van der Waals surface area contributed by atoms with E-state index in [0.717, 1.165) is 19.3 Å². The van der Waals surface area contributed by atoms with Crippen LogP contribution in [0, 0.1) is 11.3 Å². The quantitative estimate of drug-likeness (QED) is 0.710. The Morgan fingerprint density at radius 2 is 2.00 bits per heavy atom. The second-order valence-corrected chi connectivity index (χ2v) is 6.32. The molecule has 130 valence electrons. The van der Waals surface area contributed by atoms with Gasteiger partial charge in [-0.15, -0.1) is 0 Å². The second-order valence-electron chi connectivity index (χ2n) is 5.88. The number of benzene rings is 2. The summed E-state index contributed by atoms with van der Waals surface area (Å²) in [6, 6.07) is 15.5. The van der Waals surface area contributed by atoms with Gasteiger partial charge in [0.1, 0.15) is 0 Å². The van der Waals surface area contributed by atoms with Crippen molar-refractivity contribution in [2.24, 2.45) is 0 Å². The number of nitriles is 1. The number of halogens is 1. The van der Waals surface area contributed by atoms with E-state index in [-0.39, 0.29) is 0 Å². The third-order valence-corrected chi connectivity index (χ3v) is 4.42. The Labute approximate surface area is 153 Å². The maximum atomic E-state index is 11.8. The molecule has 2 atom stereocenters. The maximum absolute atomic E-state index is 11.8. The summed E-state index contributed by atoms with van der Waals surface area (Å²) < 4.78 is 0. The van der Waals surface area contributed by atoms with Crippen molar-refractivity contribution in [2.45, 2.75) is 38.3 Å². The van der Waals surface area contributed by atoms with E-state index in [2.05, 4.69) is 13.0 Å². The number of nitrogens with zero attached hydrogens (tertiary/aromatic N) is 2. The van der Waals surface area contributed by atoms with Gasteiger partial charge in [0.25, 0.3) is 0 Å². The summed E-state index contributed by atoms with van der Waals surface area (Å²) in [5, 5.41) is 20.6. The molecule has 0 fully saturated rings. The highest BCUT2D eigenvalue weighted by atomic mass is 35.5. The zero-order chi connectivity index (χ0) is 18.2. The van der Waals surface area contributed by atoms with Crippen molar-refractivity contribution >= 4 is 23.7 Å². The summed E-state index contributed by atoms with van der Waals surface area (Å²) in [5.74, 6) is 0. The lowest BCUT2D eigenvalue weighted by Gasteiger charge is -2.32. The van der Waals surface area contributed by atoms with Gasteiger partial charge in [0.05, 0.1) is 23.8 Å². The topological polar surface area (TPSA) is 64.3 Å². The monoisotopic (exact) mass is 356 g/mol. The molecule has 2 rings (SSSR count). The Balaban J connectivity index is 2.36. The van der Waals surface area contributed by atoms with Gasteiger partial charge in [-0.3, -0.25) is 4.79 Å². The van der Waals surface area contributed by atoms with Crippen molar-refractivity contribution in [1.82, 2.24) is 0 Å². The number of hydrogen-bond acceptors (Lipinski definition) is 3. The maximum Gasteiger partial charge on any atom is 0.214 e. The molecule has 0 bridgehead atoms. The fourth-order valence-electron chi connectivity index (χ4n) is 2.82. The van der Waals surface area contributed by atoms with Crippen molar-refractivity contribution in [3.63, 3.8) is 0 Å². The molecule has 0 aliphatic heterocycles. The molecule has 0 radical (unpaired) electrons. The number of aliphatic hydroxyl groups is 1. The summed E-state index contributed by atoms with van der Waals surface area (Å²) in [6.45, 7) is 2.06. The zero-order valence-corrected chi connectivity index (χ0v) is 14.9. The highest BCUT2D eigenvalue weighted by molar-refractivity contribution is 6.30. The minimum absolute atomic E-state index is 0.424. The Bertz CT molecular complexity index is 740. The largest absolute Gasteiger partial charge is 0.386 e. The SMILES string of the molecule is CCCCC(C(O)c1cccc(C#N)c1)N(C=O)c1ccc(Cl)cc1. The van der Waals surface area contributed by atoms with Gasteiger partial charge in [0, 0.05) is 10.7 Å². The van der Waals surface area contributed by atoms with Gasteiger partial charge in [-0.25, -0.2) is 0 Å². The van der Waals surface area contributed by atoms with E-state index < -0.39 is 12.1 Å². The van der Waals surface area contributed by atoms with Crippen LogP contribution >= 0.6 is 11.6 Å². The van der Waals surface area contributed by atoms with Gasteiger partial charge in [0.15, 0.2) is 0 Å². The molecule has 2 aromatic carbocycles. The van der Waals surface area contributed by atoms with Crippen LogP contribution in [0.5, 0.6) is 0 Å². The van der Waals surface area contributed by atoms with Crippen molar-refractivity contribution in [3.8, 4) is 6.07 Å². The number of aliphatic hydroxyl groups excluding tert-OH is 1. The van der Waals surface area contributed by atoms with Gasteiger partial charge >= 0.3 is 0 Å². The standard InChI is InChI=1S/C20H21ClN2O2/c1-2-3-7-19(20(25)16-6-4-5-15(12-16)13-22)23(14-24)18-10-8-17(21)9-11-18/h4-6,8-12,14,19-20,25H,2-3,7H2,1H3. The lowest BCUT2D eigenvalue weighted by atomic mass is 9.95. The Hall–Kier alpha value is -2.35. The molecule has 5 heteroatoms. The molecule has 0 aliphatic carbocycles. The van der Waals surface area contributed by atoms with Crippen LogP contribution in [0.25, 0.3) is 0 Å². The van der Waals surface area contributed by atoms with Crippen LogP contribution in [-0.4, -0.2) is 17.6 Å². The number of rotatable bonds is 8. The first-order valence-corrected chi connectivity index (χ1v) is 8.65. The molecule has 0 saturated carbocycles. The number of carbonyl (C=O) groups is 1. The minimum Gasteiger partial charge on any atom is -0.386 e. The lowest BCUT2D eigenvalue weighted by molar-refractivity contribution is -0.108. The molecule has 2 aromatic rings. The van der Waals surface area contributed by atoms with Crippen LogP contribution in [0.2, 0.25) is 5.02 Å². The van der Waals surface area contributed by atoms with Gasteiger partial charge in [-0.05, 0) is 48.4 Å². The molecular weight excluding hydrogens is 336 g/mol. The fourth-order valence-corrected chi connectivity index (χ4v) is 2.95. The molecule has 0 heterocycles. The smallest absolute Gasteiger partial charge is 0.214 e. The van der Waals surface area contributed by atoms with Crippen molar-refractivity contribution in [1.29, 1.82) is 5.26 Å². The van der Waals surface area contributed by atoms with E-state index in [1.165, 1.54) is 4.90 Å². The number of hydrogen-bond donors (Lipinski definition) is 1. The number of carbonyl (C=O) groups excluding carboxylic acids is 1. The van der Waals surface area contributed by atoms with Gasteiger partial charge < -0.3 is 10.0 Å². The summed E-state index contributed by atoms with van der Waals surface area (Å²) in [6.07, 6.45) is 2.32. The van der Waals surface area contributed by atoms with Crippen LogP contribution < -0.4 is 4.90 Å². The average Bonchev–Trinajstić information content (AvgIpc) is 2.65. The van der Waals surface area contributed by atoms with Crippen LogP contribution in [0.4, 0.5) is 5.69 Å². The van der Waals surface area contributed by atoms with Crippen LogP contribution in [-0.2, 0) is 4.79 Å². The van der Waals surface area contributed by atoms with Crippen LogP contribution in [0.3, 0.4) is 0 Å². The van der Waals surface area contributed by atoms with Gasteiger partial charge in [-0.2, -0.15) is 5.26 Å². The predicted octanol–water partition coefficient (Wildman–Crippen LogP) is 4.47. The van der Waals surface area contributed by atoms with E-state index in [1.807, 2.05) is 0 Å². The molecule has 0 aromatic heterocycles. The molecular formula is C20H21ClN2O2. The highest BCUT2D eigenvalue weighted by Gasteiger charge is 2.27. The lowest BCUT2D eigenvalue weighted by Crippen LogP contribution is -2.39. The minimum atomic E-state index is -0.888. The summed E-state index contributed by atoms with van der Waals surface area (Å²) >= 11 is 5.93. The van der Waals surface area contributed by atoms with Crippen molar-refractivity contribution in [3.05, 3.63) is 64.7 Å². The normalized spacial score (nSPS) is 12.9. The highest BCUT2D eigenvalue weighted by Crippen LogP contribution is 2.29. The molecule has 1 amide bonds. The van der Waals surface area contributed by atoms with Gasteiger partial charge in [0.2, 0.25) is 6.41 Å². The van der Waals surface area contributed by atoms with Crippen LogP contribution in [0.1, 0.15) is 43.4 Å². The molecule has 4 nitrogen and oxygen atoms in total. The van der Waals surface area contributed by atoms with E-state index >= 15 is 0 Å². The average molecular weight is 357 g/mol. The molecule has 0 aliphatic rings. The molecule has 0 saturated heterocycles. The van der Waals surface area contributed by atoms with E-state index in [9.17, 15) is 9.90 Å². The second kappa shape index (κ2) is 9.22. The zero-order valence-electron chi connectivity index (χ0n) is 14.1. The first-order chi connectivity index (χ1) is 12.1. The fraction of sp³-hybridized carbons (Fsp3) is 0.300. The van der Waals surface area contributed by atoms with E-state index in [1.54, 1.807) is 48.5 Å². The van der Waals surface area contributed by atoms with E-state index in [4.69, 9.17) is 16.9 Å². The molecule has 1 N–H and O–H groups in total. The Morgan fingerprint density at radius 3 is 2.60 bits per heavy atom. The summed E-state index contributed by atoms with van der Waals surface area (Å²) in [7, 11) is 0. The number of amides is 1. The van der Waals surface area contributed by atoms with Crippen molar-refractivity contribution in [2.75, 3.05) is 4.90 Å². The van der Waals surface area contributed by atoms with Crippen LogP contribution in [0.15, 0.2) is 48.5 Å². The Morgan fingerprint density at radius 1 is 1.28 bits per heavy atom. The number of unbranched alkanes of at least 4 members (excludes halogenated alkanes) is 1. The summed E-state index contributed by atoms with van der Waals surface area (Å²) in [4.78, 5) is 13.3. The van der Waals surface area contributed by atoms with Gasteiger partial charge in [-0.1, -0.05) is 43.5 Å².